The molecule has 0 radical (unpaired) electrons. The third-order valence-corrected chi connectivity index (χ3v) is 3.69. The largest absolute Gasteiger partial charge is 2.00 e. The van der Waals surface area contributed by atoms with Gasteiger partial charge in [0.1, 0.15) is 0 Å². The molecule has 0 aromatic carbocycles. The van der Waals surface area contributed by atoms with Crippen molar-refractivity contribution in [1.29, 1.82) is 0 Å². The summed E-state index contributed by atoms with van der Waals surface area (Å²) in [5, 5.41) is 0. The molecule has 122 valence electrons. The molecule has 0 saturated carbocycles. The molecule has 0 aliphatic rings. The molecule has 0 aliphatic heterocycles. The summed E-state index contributed by atoms with van der Waals surface area (Å²) in [5.74, 6) is 0. The van der Waals surface area contributed by atoms with Gasteiger partial charge in [-0.25, -0.2) is 9.07 Å². The Hall–Kier alpha value is 0.596. The maximum absolute atomic E-state index is 11.1. The van der Waals surface area contributed by atoms with Crippen molar-refractivity contribution >= 4 is 33.5 Å². The van der Waals surface area contributed by atoms with Gasteiger partial charge in [0, 0.05) is 0 Å². The number of rotatable bonds is 15. The van der Waals surface area contributed by atoms with Crippen LogP contribution in [0.1, 0.15) is 78.1 Å². The summed E-state index contributed by atoms with van der Waals surface area (Å²) in [6.45, 7) is 4.19. The Kier molecular flexibility index (Phi) is 19.3. The zero-order valence-corrected chi connectivity index (χ0v) is 15.9. The van der Waals surface area contributed by atoms with Crippen LogP contribution in [-0.4, -0.2) is 44.7 Å². The summed E-state index contributed by atoms with van der Waals surface area (Å²) < 4.78 is 30.9. The molecule has 0 saturated heterocycles. The van der Waals surface area contributed by atoms with Crippen molar-refractivity contribution in [1.82, 2.24) is 0 Å². The van der Waals surface area contributed by atoms with E-state index in [1.54, 1.807) is 6.92 Å². The second-order valence-electron chi connectivity index (χ2n) is 4.89. The number of hydrogen-bond acceptors (Lipinski definition) is 5. The van der Waals surface area contributed by atoms with E-state index < -0.39 is 10.4 Å². The van der Waals surface area contributed by atoms with Crippen molar-refractivity contribution in [2.45, 2.75) is 78.1 Å². The van der Waals surface area contributed by atoms with E-state index in [2.05, 4.69) is 20.3 Å². The molecule has 0 amide bonds. The molecule has 0 rings (SSSR count). The molecule has 0 fully saturated rings. The van der Waals surface area contributed by atoms with Gasteiger partial charge >= 0.3 is 33.5 Å². The van der Waals surface area contributed by atoms with Gasteiger partial charge in [-0.2, -0.15) is 8.42 Å². The van der Waals surface area contributed by atoms with Crippen LogP contribution in [0.5, 0.6) is 0 Å². The predicted molar refractivity (Wildman–Crippen MR) is 85.2 cm³/mol. The minimum absolute atomic E-state index is 0. The van der Waals surface area contributed by atoms with Crippen molar-refractivity contribution in [2.75, 3.05) is 13.2 Å². The molecule has 0 aromatic rings. The molecule has 0 aromatic heterocycles. The van der Waals surface area contributed by atoms with Crippen LogP contribution in [0, 0.1) is 0 Å². The topological polar surface area (TPSA) is 61.8 Å². The SMILES string of the molecule is CCCCCCCCCCCCOS(=O)(=O)OOCC.[Mg+2]. The first-order valence-corrected chi connectivity index (χ1v) is 9.16. The molecule has 0 bridgehead atoms. The predicted octanol–water partition coefficient (Wildman–Crippen LogP) is 3.76. The Labute approximate surface area is 146 Å². The Morgan fingerprint density at radius 1 is 0.762 bits per heavy atom. The minimum atomic E-state index is -3.98. The zero-order valence-electron chi connectivity index (χ0n) is 13.6. The fourth-order valence-electron chi connectivity index (χ4n) is 1.88. The van der Waals surface area contributed by atoms with Gasteiger partial charge in [0.2, 0.25) is 0 Å². The van der Waals surface area contributed by atoms with Crippen LogP contribution in [0.25, 0.3) is 0 Å². The van der Waals surface area contributed by atoms with Crippen molar-refractivity contribution in [3.8, 4) is 0 Å². The summed E-state index contributed by atoms with van der Waals surface area (Å²) >= 11 is 0. The second kappa shape index (κ2) is 17.0. The van der Waals surface area contributed by atoms with Crippen LogP contribution in [0.4, 0.5) is 0 Å². The van der Waals surface area contributed by atoms with Crippen molar-refractivity contribution in [2.24, 2.45) is 0 Å². The van der Waals surface area contributed by atoms with Gasteiger partial charge in [-0.1, -0.05) is 69.0 Å². The maximum Gasteiger partial charge on any atom is 2.00 e. The molecule has 0 spiro atoms. The fraction of sp³-hybridized carbons (Fsp3) is 1.00. The normalized spacial score (nSPS) is 11.3. The zero-order chi connectivity index (χ0) is 15.1. The first kappa shape index (κ1) is 23.9. The van der Waals surface area contributed by atoms with E-state index in [1.165, 1.54) is 44.9 Å². The van der Waals surface area contributed by atoms with Crippen LogP contribution in [0.3, 0.4) is 0 Å². The second-order valence-corrected chi connectivity index (χ2v) is 6.08. The first-order valence-electron chi connectivity index (χ1n) is 7.82. The van der Waals surface area contributed by atoms with Gasteiger partial charge in [0.15, 0.2) is 0 Å². The molecule has 0 atom stereocenters. The van der Waals surface area contributed by atoms with Crippen LogP contribution >= 0.6 is 0 Å². The van der Waals surface area contributed by atoms with E-state index in [0.29, 0.717) is 0 Å². The van der Waals surface area contributed by atoms with Gasteiger partial charge < -0.3 is 0 Å². The smallest absolute Gasteiger partial charge is 0.246 e. The van der Waals surface area contributed by atoms with Gasteiger partial charge in [-0.15, -0.1) is 0 Å². The maximum atomic E-state index is 11.1. The minimum Gasteiger partial charge on any atom is -0.246 e. The third-order valence-electron chi connectivity index (χ3n) is 2.97. The van der Waals surface area contributed by atoms with E-state index in [4.69, 9.17) is 0 Å². The number of unbranched alkanes of at least 4 members (excludes halogenated alkanes) is 9. The van der Waals surface area contributed by atoms with E-state index in [0.717, 1.165) is 19.3 Å². The quantitative estimate of drug-likeness (QED) is 0.197. The van der Waals surface area contributed by atoms with Gasteiger partial charge in [-0.05, 0) is 13.3 Å². The van der Waals surface area contributed by atoms with Gasteiger partial charge in [0.05, 0.1) is 13.2 Å². The van der Waals surface area contributed by atoms with Crippen molar-refractivity contribution < 1.29 is 21.8 Å². The molecule has 5 nitrogen and oxygen atoms in total. The van der Waals surface area contributed by atoms with E-state index in [1.807, 2.05) is 0 Å². The van der Waals surface area contributed by atoms with E-state index in [9.17, 15) is 8.42 Å². The van der Waals surface area contributed by atoms with Gasteiger partial charge in [0.25, 0.3) is 0 Å². The standard InChI is InChI=1S/C14H30O5S.Mg/c1-3-5-6-7-8-9-10-11-12-13-14-18-20(15,16)19-17-4-2;/h3-14H2,1-2H3;/q;+2. The monoisotopic (exact) mass is 334 g/mol. The Balaban J connectivity index is 0. The summed E-state index contributed by atoms with van der Waals surface area (Å²) in [6, 6.07) is 0. The molecular weight excluding hydrogens is 305 g/mol. The Bertz CT molecular complexity index is 296. The summed E-state index contributed by atoms with van der Waals surface area (Å²) in [5.41, 5.74) is 0. The summed E-state index contributed by atoms with van der Waals surface area (Å²) in [4.78, 5) is 4.34. The third kappa shape index (κ3) is 18.5. The Morgan fingerprint density at radius 2 is 1.24 bits per heavy atom. The first-order chi connectivity index (χ1) is 9.62. The average molecular weight is 335 g/mol. The van der Waals surface area contributed by atoms with Crippen molar-refractivity contribution in [3.63, 3.8) is 0 Å². The fourth-order valence-corrected chi connectivity index (χ4v) is 2.45. The van der Waals surface area contributed by atoms with Crippen molar-refractivity contribution in [3.05, 3.63) is 0 Å². The van der Waals surface area contributed by atoms with E-state index in [-0.39, 0.29) is 36.3 Å². The number of hydrogen-bond donors (Lipinski definition) is 0. The van der Waals surface area contributed by atoms with Crippen LogP contribution < -0.4 is 0 Å². The molecular formula is C14H30MgO5S+2. The molecule has 7 heteroatoms. The Morgan fingerprint density at radius 3 is 1.71 bits per heavy atom. The van der Waals surface area contributed by atoms with E-state index >= 15 is 0 Å². The van der Waals surface area contributed by atoms with Crippen LogP contribution in [0.2, 0.25) is 0 Å². The summed E-state index contributed by atoms with van der Waals surface area (Å²) in [6.07, 6.45) is 12.0. The van der Waals surface area contributed by atoms with Gasteiger partial charge in [-0.3, -0.25) is 0 Å². The average Bonchev–Trinajstić information content (AvgIpc) is 2.42. The van der Waals surface area contributed by atoms with Crippen LogP contribution in [0.15, 0.2) is 0 Å². The molecule has 21 heavy (non-hydrogen) atoms. The molecule has 0 N–H and O–H groups in total. The molecule has 0 aliphatic carbocycles. The van der Waals surface area contributed by atoms with Crippen LogP contribution in [-0.2, 0) is 23.8 Å². The molecule has 0 heterocycles. The molecule has 0 unspecified atom stereocenters. The summed E-state index contributed by atoms with van der Waals surface area (Å²) in [7, 11) is -3.98.